The van der Waals surface area contributed by atoms with E-state index in [1.165, 1.54) is 10.4 Å². The number of fused-ring (bicyclic) bond motifs is 1. The number of nitrogens with zero attached hydrogens (tertiary/aromatic N) is 2. The van der Waals surface area contributed by atoms with Gasteiger partial charge in [-0.1, -0.05) is 13.3 Å². The van der Waals surface area contributed by atoms with Crippen molar-refractivity contribution in [2.45, 2.75) is 53.6 Å². The summed E-state index contributed by atoms with van der Waals surface area (Å²) in [4.78, 5) is 11.9. The van der Waals surface area contributed by atoms with Gasteiger partial charge in [-0.15, -0.1) is 11.3 Å². The molecule has 21 heavy (non-hydrogen) atoms. The van der Waals surface area contributed by atoms with Gasteiger partial charge in [-0.05, 0) is 39.7 Å². The van der Waals surface area contributed by atoms with Crippen LogP contribution in [0.3, 0.4) is 0 Å². The van der Waals surface area contributed by atoms with Crippen LogP contribution in [0.1, 0.15) is 56.0 Å². The second-order valence-corrected chi connectivity index (χ2v) is 6.36. The standard InChI is InChI=1S/C16H25N3OS/c1-6-9-12(20-8-3)14-18-15(17-7-2)13-10(4)11(5)21-16(13)19-14/h12H,6-9H2,1-5H3,(H,17,18,19). The van der Waals surface area contributed by atoms with Crippen LogP contribution in [-0.4, -0.2) is 23.1 Å². The maximum absolute atomic E-state index is 5.84. The number of rotatable bonds is 7. The molecule has 2 aromatic rings. The topological polar surface area (TPSA) is 47.0 Å². The molecule has 0 radical (unpaired) electrons. The average molecular weight is 307 g/mol. The Kier molecular flexibility index (Phi) is 5.53. The zero-order valence-corrected chi connectivity index (χ0v) is 14.4. The molecule has 2 heterocycles. The molecule has 0 fully saturated rings. The maximum atomic E-state index is 5.84. The van der Waals surface area contributed by atoms with Gasteiger partial charge in [0.25, 0.3) is 0 Å². The van der Waals surface area contributed by atoms with Gasteiger partial charge in [-0.25, -0.2) is 9.97 Å². The third-order valence-electron chi connectivity index (χ3n) is 3.60. The van der Waals surface area contributed by atoms with Crippen molar-refractivity contribution in [3.05, 3.63) is 16.3 Å². The Bertz CT molecular complexity index is 603. The summed E-state index contributed by atoms with van der Waals surface area (Å²) in [5, 5.41) is 4.55. The largest absolute Gasteiger partial charge is 0.371 e. The van der Waals surface area contributed by atoms with Gasteiger partial charge in [0.2, 0.25) is 0 Å². The van der Waals surface area contributed by atoms with Crippen molar-refractivity contribution in [2.24, 2.45) is 0 Å². The van der Waals surface area contributed by atoms with E-state index in [1.54, 1.807) is 11.3 Å². The molecule has 1 atom stereocenters. The molecule has 116 valence electrons. The van der Waals surface area contributed by atoms with Crippen molar-refractivity contribution in [3.8, 4) is 0 Å². The van der Waals surface area contributed by atoms with Gasteiger partial charge in [-0.3, -0.25) is 0 Å². The molecule has 0 bridgehead atoms. The predicted octanol–water partition coefficient (Wildman–Crippen LogP) is 4.62. The molecule has 0 saturated carbocycles. The minimum absolute atomic E-state index is 0.00971. The van der Waals surface area contributed by atoms with Gasteiger partial charge < -0.3 is 10.1 Å². The van der Waals surface area contributed by atoms with Crippen LogP contribution < -0.4 is 5.32 Å². The maximum Gasteiger partial charge on any atom is 0.161 e. The lowest BCUT2D eigenvalue weighted by Crippen LogP contribution is -2.11. The van der Waals surface area contributed by atoms with Crippen LogP contribution in [0, 0.1) is 13.8 Å². The van der Waals surface area contributed by atoms with Crippen LogP contribution in [0.5, 0.6) is 0 Å². The number of thiophene rings is 1. The second kappa shape index (κ2) is 7.18. The molecule has 0 aliphatic carbocycles. The van der Waals surface area contributed by atoms with E-state index < -0.39 is 0 Å². The second-order valence-electron chi connectivity index (χ2n) is 5.16. The molecule has 1 N–H and O–H groups in total. The number of aryl methyl sites for hydroxylation is 2. The fraction of sp³-hybridized carbons (Fsp3) is 0.625. The molecule has 2 rings (SSSR count). The lowest BCUT2D eigenvalue weighted by molar-refractivity contribution is 0.0497. The molecule has 0 spiro atoms. The fourth-order valence-corrected chi connectivity index (χ4v) is 3.49. The quantitative estimate of drug-likeness (QED) is 0.811. The Labute approximate surface area is 131 Å². The minimum atomic E-state index is -0.00971. The summed E-state index contributed by atoms with van der Waals surface area (Å²) in [6, 6.07) is 0. The molecule has 0 aliphatic heterocycles. The highest BCUT2D eigenvalue weighted by Gasteiger charge is 2.19. The first-order valence-corrected chi connectivity index (χ1v) is 8.57. The van der Waals surface area contributed by atoms with Gasteiger partial charge in [-0.2, -0.15) is 0 Å². The van der Waals surface area contributed by atoms with Crippen molar-refractivity contribution in [1.82, 2.24) is 9.97 Å². The van der Waals surface area contributed by atoms with E-state index in [0.717, 1.165) is 41.2 Å². The van der Waals surface area contributed by atoms with E-state index in [4.69, 9.17) is 14.7 Å². The summed E-state index contributed by atoms with van der Waals surface area (Å²) >= 11 is 1.74. The highest BCUT2D eigenvalue weighted by atomic mass is 32.1. The minimum Gasteiger partial charge on any atom is -0.371 e. The smallest absolute Gasteiger partial charge is 0.161 e. The Balaban J connectivity index is 2.54. The molecule has 4 nitrogen and oxygen atoms in total. The lowest BCUT2D eigenvalue weighted by Gasteiger charge is -2.16. The molecular weight excluding hydrogens is 282 g/mol. The van der Waals surface area contributed by atoms with Crippen LogP contribution in [0.4, 0.5) is 5.82 Å². The van der Waals surface area contributed by atoms with Crippen molar-refractivity contribution < 1.29 is 4.74 Å². The summed E-state index contributed by atoms with van der Waals surface area (Å²) in [5.41, 5.74) is 1.28. The van der Waals surface area contributed by atoms with E-state index >= 15 is 0 Å². The van der Waals surface area contributed by atoms with Gasteiger partial charge in [0.15, 0.2) is 5.82 Å². The van der Waals surface area contributed by atoms with E-state index in [1.807, 2.05) is 6.92 Å². The zero-order valence-electron chi connectivity index (χ0n) is 13.6. The third-order valence-corrected chi connectivity index (χ3v) is 4.70. The SMILES string of the molecule is CCCC(OCC)c1nc(NCC)c2c(C)c(C)sc2n1. The van der Waals surface area contributed by atoms with E-state index in [-0.39, 0.29) is 6.10 Å². The van der Waals surface area contributed by atoms with Crippen molar-refractivity contribution in [2.75, 3.05) is 18.5 Å². The molecule has 5 heteroatoms. The molecular formula is C16H25N3OS. The third kappa shape index (κ3) is 3.35. The molecule has 2 aromatic heterocycles. The van der Waals surface area contributed by atoms with Gasteiger partial charge in [0.1, 0.15) is 16.8 Å². The number of hydrogen-bond acceptors (Lipinski definition) is 5. The number of nitrogens with one attached hydrogen (secondary N) is 1. The zero-order chi connectivity index (χ0) is 15.4. The molecule has 1 unspecified atom stereocenters. The van der Waals surface area contributed by atoms with Crippen LogP contribution in [0.15, 0.2) is 0 Å². The highest BCUT2D eigenvalue weighted by Crippen LogP contribution is 2.35. The molecule has 0 aromatic carbocycles. The molecule has 0 saturated heterocycles. The van der Waals surface area contributed by atoms with Crippen molar-refractivity contribution >= 4 is 27.4 Å². The summed E-state index contributed by atoms with van der Waals surface area (Å²) in [6.07, 6.45) is 2.00. The van der Waals surface area contributed by atoms with E-state index in [0.29, 0.717) is 6.61 Å². The van der Waals surface area contributed by atoms with Crippen molar-refractivity contribution in [1.29, 1.82) is 0 Å². The van der Waals surface area contributed by atoms with Gasteiger partial charge in [0.05, 0.1) is 5.39 Å². The Morgan fingerprint density at radius 1 is 1.19 bits per heavy atom. The summed E-state index contributed by atoms with van der Waals surface area (Å²) in [6.45, 7) is 12.1. The van der Waals surface area contributed by atoms with Crippen molar-refractivity contribution in [3.63, 3.8) is 0 Å². The number of aromatic nitrogens is 2. The average Bonchev–Trinajstić information content (AvgIpc) is 2.74. The van der Waals surface area contributed by atoms with Crippen LogP contribution in [0.25, 0.3) is 10.2 Å². The Morgan fingerprint density at radius 2 is 1.95 bits per heavy atom. The number of hydrogen-bond donors (Lipinski definition) is 1. The first-order chi connectivity index (χ1) is 10.1. The predicted molar refractivity (Wildman–Crippen MR) is 90.3 cm³/mol. The number of ether oxygens (including phenoxy) is 1. The Morgan fingerprint density at radius 3 is 2.57 bits per heavy atom. The summed E-state index contributed by atoms with van der Waals surface area (Å²) in [7, 11) is 0. The normalized spacial score (nSPS) is 12.8. The first kappa shape index (κ1) is 16.2. The van der Waals surface area contributed by atoms with Crippen LogP contribution in [0.2, 0.25) is 0 Å². The monoisotopic (exact) mass is 307 g/mol. The van der Waals surface area contributed by atoms with Gasteiger partial charge in [0, 0.05) is 18.0 Å². The Hall–Kier alpha value is -1.20. The molecule has 0 amide bonds. The van der Waals surface area contributed by atoms with Crippen LogP contribution in [-0.2, 0) is 4.74 Å². The fourth-order valence-electron chi connectivity index (χ4n) is 2.46. The summed E-state index contributed by atoms with van der Waals surface area (Å²) in [5.74, 6) is 1.75. The molecule has 0 aliphatic rings. The highest BCUT2D eigenvalue weighted by molar-refractivity contribution is 7.18. The van der Waals surface area contributed by atoms with Gasteiger partial charge >= 0.3 is 0 Å². The number of anilines is 1. The van der Waals surface area contributed by atoms with E-state index in [2.05, 4.69) is 33.0 Å². The lowest BCUT2D eigenvalue weighted by atomic mass is 10.1. The van der Waals surface area contributed by atoms with E-state index in [9.17, 15) is 0 Å². The summed E-state index contributed by atoms with van der Waals surface area (Å²) < 4.78 is 5.84. The first-order valence-electron chi connectivity index (χ1n) is 7.75. The van der Waals surface area contributed by atoms with Crippen LogP contribution >= 0.6 is 11.3 Å².